The zero-order chi connectivity index (χ0) is 20.0. The van der Waals surface area contributed by atoms with E-state index in [1.54, 1.807) is 30.5 Å². The largest absolute Gasteiger partial charge is 0.333 e. The van der Waals surface area contributed by atoms with Crippen LogP contribution in [0.5, 0.6) is 0 Å². The van der Waals surface area contributed by atoms with Gasteiger partial charge in [0.2, 0.25) is 5.91 Å². The average Bonchev–Trinajstić information content (AvgIpc) is 3.43. The predicted octanol–water partition coefficient (Wildman–Crippen LogP) is 4.99. The molecule has 5 rings (SSSR count). The third-order valence-electron chi connectivity index (χ3n) is 6.58. The van der Waals surface area contributed by atoms with Crippen molar-refractivity contribution in [2.45, 2.75) is 43.6 Å². The van der Waals surface area contributed by atoms with Crippen molar-refractivity contribution in [1.29, 1.82) is 0 Å². The Bertz CT molecular complexity index is 1070. The third kappa shape index (κ3) is 3.39. The fourth-order valence-electron chi connectivity index (χ4n) is 4.87. The van der Waals surface area contributed by atoms with Gasteiger partial charge in [-0.1, -0.05) is 12.1 Å². The van der Waals surface area contributed by atoms with E-state index in [9.17, 15) is 13.6 Å². The first-order valence-electron chi connectivity index (χ1n) is 10.1. The van der Waals surface area contributed by atoms with E-state index in [0.717, 1.165) is 54.3 Å². The monoisotopic (exact) mass is 392 g/mol. The van der Waals surface area contributed by atoms with E-state index in [4.69, 9.17) is 0 Å². The molecule has 1 amide bonds. The number of carbonyl (C=O) groups is 1. The van der Waals surface area contributed by atoms with Crippen LogP contribution in [0.25, 0.3) is 10.9 Å². The van der Waals surface area contributed by atoms with Crippen molar-refractivity contribution in [3.05, 3.63) is 77.5 Å². The van der Waals surface area contributed by atoms with E-state index >= 15 is 0 Å². The highest BCUT2D eigenvalue weighted by atomic mass is 19.1. The van der Waals surface area contributed by atoms with Crippen molar-refractivity contribution in [2.75, 3.05) is 6.54 Å². The summed E-state index contributed by atoms with van der Waals surface area (Å²) in [6.45, 7) is 0.811. The van der Waals surface area contributed by atoms with Crippen LogP contribution in [0, 0.1) is 11.6 Å². The summed E-state index contributed by atoms with van der Waals surface area (Å²) < 4.78 is 26.8. The molecule has 0 radical (unpaired) electrons. The van der Waals surface area contributed by atoms with Gasteiger partial charge in [0.05, 0.1) is 17.5 Å². The molecule has 148 valence electrons. The molecule has 0 N–H and O–H groups in total. The second-order valence-corrected chi connectivity index (χ2v) is 8.34. The molecular formula is C24H22F2N2O. The summed E-state index contributed by atoms with van der Waals surface area (Å²) in [6.07, 6.45) is 6.01. The van der Waals surface area contributed by atoms with E-state index < -0.39 is 0 Å². The molecule has 2 fully saturated rings. The Labute approximate surface area is 168 Å². The zero-order valence-electron chi connectivity index (χ0n) is 16.1. The fourth-order valence-corrected chi connectivity index (χ4v) is 4.87. The van der Waals surface area contributed by atoms with Crippen molar-refractivity contribution < 1.29 is 13.6 Å². The molecule has 0 unspecified atom stereocenters. The highest BCUT2D eigenvalue weighted by Crippen LogP contribution is 2.50. The van der Waals surface area contributed by atoms with Crippen LogP contribution in [-0.4, -0.2) is 27.9 Å². The lowest BCUT2D eigenvalue weighted by Gasteiger charge is -2.30. The number of benzene rings is 2. The molecule has 2 aliphatic rings. The first-order chi connectivity index (χ1) is 14.0. The molecule has 1 saturated heterocycles. The summed E-state index contributed by atoms with van der Waals surface area (Å²) in [5.41, 5.74) is 2.82. The minimum absolute atomic E-state index is 0.0122. The van der Waals surface area contributed by atoms with Crippen LogP contribution in [0.3, 0.4) is 0 Å². The van der Waals surface area contributed by atoms with Gasteiger partial charge >= 0.3 is 0 Å². The van der Waals surface area contributed by atoms with Gasteiger partial charge in [0.25, 0.3) is 0 Å². The molecular weight excluding hydrogens is 370 g/mol. The molecule has 29 heavy (non-hydrogen) atoms. The lowest BCUT2D eigenvalue weighted by atomic mass is 9.77. The van der Waals surface area contributed by atoms with Crippen LogP contribution >= 0.6 is 0 Å². The molecule has 3 nitrogen and oxygen atoms in total. The molecule has 2 aromatic carbocycles. The van der Waals surface area contributed by atoms with Gasteiger partial charge in [-0.05, 0) is 79.1 Å². The molecule has 2 heterocycles. The minimum atomic E-state index is -0.286. The van der Waals surface area contributed by atoms with Gasteiger partial charge < -0.3 is 4.90 Å². The normalized spacial score (nSPS) is 23.5. The van der Waals surface area contributed by atoms with Crippen molar-refractivity contribution in [1.82, 2.24) is 9.88 Å². The number of carbonyl (C=O) groups excluding carboxylic acids is 1. The maximum atomic E-state index is 13.8. The van der Waals surface area contributed by atoms with Crippen LogP contribution in [0.2, 0.25) is 0 Å². The lowest BCUT2D eigenvalue weighted by Crippen LogP contribution is -2.29. The van der Waals surface area contributed by atoms with Crippen molar-refractivity contribution in [3.63, 3.8) is 0 Å². The number of amides is 1. The van der Waals surface area contributed by atoms with E-state index in [0.29, 0.717) is 12.3 Å². The maximum absolute atomic E-state index is 13.8. The number of pyridine rings is 1. The van der Waals surface area contributed by atoms with Crippen molar-refractivity contribution in [3.8, 4) is 0 Å². The zero-order valence-corrected chi connectivity index (χ0v) is 16.1. The molecule has 1 aromatic heterocycles. The molecule has 1 aliphatic heterocycles. The number of rotatable bonds is 3. The van der Waals surface area contributed by atoms with Gasteiger partial charge in [0.1, 0.15) is 11.6 Å². The maximum Gasteiger partial charge on any atom is 0.227 e. The molecule has 1 saturated carbocycles. The van der Waals surface area contributed by atoms with Gasteiger partial charge in [-0.3, -0.25) is 9.78 Å². The van der Waals surface area contributed by atoms with Gasteiger partial charge in [-0.2, -0.15) is 0 Å². The van der Waals surface area contributed by atoms with Crippen LogP contribution in [-0.2, 0) is 11.2 Å². The Kier molecular flexibility index (Phi) is 4.34. The fraction of sp³-hybridized carbons (Fsp3) is 0.333. The number of fused-ring (bicyclic) bond motifs is 1. The van der Waals surface area contributed by atoms with E-state index in [1.165, 1.54) is 18.2 Å². The van der Waals surface area contributed by atoms with Gasteiger partial charge in [0, 0.05) is 18.1 Å². The van der Waals surface area contributed by atoms with E-state index in [2.05, 4.69) is 4.98 Å². The number of halogens is 2. The molecule has 1 aliphatic carbocycles. The smallest absolute Gasteiger partial charge is 0.227 e. The van der Waals surface area contributed by atoms with Crippen LogP contribution in [0.1, 0.15) is 42.7 Å². The molecule has 5 heteroatoms. The minimum Gasteiger partial charge on any atom is -0.333 e. The lowest BCUT2D eigenvalue weighted by molar-refractivity contribution is -0.126. The Morgan fingerprint density at radius 1 is 1.03 bits per heavy atom. The quantitative estimate of drug-likeness (QED) is 0.588. The number of hydrogen-bond donors (Lipinski definition) is 0. The Morgan fingerprint density at radius 3 is 2.52 bits per heavy atom. The summed E-state index contributed by atoms with van der Waals surface area (Å²) in [5, 5.41) is 0.897. The molecule has 0 atom stereocenters. The molecule has 3 aromatic rings. The first kappa shape index (κ1) is 18.2. The summed E-state index contributed by atoms with van der Waals surface area (Å²) in [7, 11) is 0. The third-order valence-corrected chi connectivity index (χ3v) is 6.58. The topological polar surface area (TPSA) is 33.0 Å². The van der Waals surface area contributed by atoms with Crippen molar-refractivity contribution >= 4 is 16.8 Å². The Balaban J connectivity index is 1.26. The summed E-state index contributed by atoms with van der Waals surface area (Å²) in [4.78, 5) is 19.0. The number of nitrogens with zero attached hydrogens (tertiary/aromatic N) is 2. The highest BCUT2D eigenvalue weighted by Gasteiger charge is 2.55. The molecule has 0 bridgehead atoms. The SMILES string of the molecule is O=C(Cc1ccc(F)cc1)N1CC12CCC(c1ccnc3ccc(F)cc13)CC2. The van der Waals surface area contributed by atoms with Crippen LogP contribution < -0.4 is 0 Å². The second-order valence-electron chi connectivity index (χ2n) is 8.34. The average molecular weight is 392 g/mol. The Hall–Kier alpha value is -2.82. The van der Waals surface area contributed by atoms with Gasteiger partial charge in [-0.25, -0.2) is 8.78 Å². The summed E-state index contributed by atoms with van der Waals surface area (Å²) >= 11 is 0. The second kappa shape index (κ2) is 6.90. The number of aromatic nitrogens is 1. The van der Waals surface area contributed by atoms with Crippen LogP contribution in [0.15, 0.2) is 54.7 Å². The number of hydrogen-bond acceptors (Lipinski definition) is 2. The first-order valence-corrected chi connectivity index (χ1v) is 10.1. The van der Waals surface area contributed by atoms with E-state index in [-0.39, 0.29) is 23.1 Å². The van der Waals surface area contributed by atoms with Crippen molar-refractivity contribution in [2.24, 2.45) is 0 Å². The van der Waals surface area contributed by atoms with Gasteiger partial charge in [-0.15, -0.1) is 0 Å². The predicted molar refractivity (Wildman–Crippen MR) is 107 cm³/mol. The van der Waals surface area contributed by atoms with Crippen LogP contribution in [0.4, 0.5) is 8.78 Å². The Morgan fingerprint density at radius 2 is 1.76 bits per heavy atom. The summed E-state index contributed by atoms with van der Waals surface area (Å²) in [6, 6.07) is 12.9. The summed E-state index contributed by atoms with van der Waals surface area (Å²) in [5.74, 6) is -0.0425. The van der Waals surface area contributed by atoms with E-state index in [1.807, 2.05) is 11.0 Å². The molecule has 1 spiro atoms. The standard InChI is InChI=1S/C24H22F2N2O/c25-18-3-1-16(2-4-18)13-23(29)28-15-24(28)10-7-17(8-11-24)20-9-12-27-22-6-5-19(26)14-21(20)22/h1-6,9,12,14,17H,7-8,10-11,13,15H2. The highest BCUT2D eigenvalue weighted by molar-refractivity contribution is 5.83. The van der Waals surface area contributed by atoms with Gasteiger partial charge in [0.15, 0.2) is 0 Å².